The second-order valence-electron chi connectivity index (χ2n) is 6.54. The average Bonchev–Trinajstić information content (AvgIpc) is 3.19. The van der Waals surface area contributed by atoms with Crippen LogP contribution in [-0.4, -0.2) is 29.3 Å². The minimum atomic E-state index is -0.444. The van der Waals surface area contributed by atoms with Crippen LogP contribution in [0.3, 0.4) is 0 Å². The number of benzene rings is 2. The van der Waals surface area contributed by atoms with Crippen molar-refractivity contribution in [3.63, 3.8) is 0 Å². The minimum Gasteiger partial charge on any atom is -0.490 e. The van der Waals surface area contributed by atoms with Crippen LogP contribution in [-0.2, 0) is 4.79 Å². The third kappa shape index (κ3) is 4.47. The third-order valence-electron chi connectivity index (χ3n) is 4.48. The van der Waals surface area contributed by atoms with E-state index in [9.17, 15) is 10.1 Å². The highest BCUT2D eigenvalue weighted by Crippen LogP contribution is 2.30. The number of rotatable bonds is 7. The second-order valence-corrected chi connectivity index (χ2v) is 6.54. The van der Waals surface area contributed by atoms with Gasteiger partial charge in [0.15, 0.2) is 0 Å². The lowest BCUT2D eigenvalue weighted by molar-refractivity contribution is -0.116. The van der Waals surface area contributed by atoms with Crippen LogP contribution in [0.1, 0.15) is 11.1 Å². The molecule has 0 aliphatic carbocycles. The molecule has 0 aliphatic heterocycles. The van der Waals surface area contributed by atoms with Crippen molar-refractivity contribution in [2.45, 2.75) is 6.92 Å². The van der Waals surface area contributed by atoms with Gasteiger partial charge in [-0.25, -0.2) is 4.68 Å². The van der Waals surface area contributed by atoms with E-state index in [1.54, 1.807) is 16.8 Å². The van der Waals surface area contributed by atoms with E-state index in [-0.39, 0.29) is 5.57 Å². The van der Waals surface area contributed by atoms with Gasteiger partial charge in [-0.15, -0.1) is 0 Å². The van der Waals surface area contributed by atoms with Crippen LogP contribution < -0.4 is 10.1 Å². The van der Waals surface area contributed by atoms with E-state index in [2.05, 4.69) is 11.9 Å². The van der Waals surface area contributed by atoms with Gasteiger partial charge in [0, 0.05) is 24.4 Å². The lowest BCUT2D eigenvalue weighted by Crippen LogP contribution is -2.19. The summed E-state index contributed by atoms with van der Waals surface area (Å²) in [7, 11) is 1.49. The summed E-state index contributed by atoms with van der Waals surface area (Å²) in [6.45, 7) is 6.05. The van der Waals surface area contributed by atoms with Gasteiger partial charge in [0.1, 0.15) is 29.7 Å². The van der Waals surface area contributed by atoms with Crippen molar-refractivity contribution in [3.05, 3.63) is 84.1 Å². The summed E-state index contributed by atoms with van der Waals surface area (Å²) in [5.41, 5.74) is 4.07. The van der Waals surface area contributed by atoms with E-state index >= 15 is 0 Å². The van der Waals surface area contributed by atoms with E-state index in [4.69, 9.17) is 9.84 Å². The monoisotopic (exact) mass is 398 g/mol. The van der Waals surface area contributed by atoms with Crippen LogP contribution in [0.5, 0.6) is 5.75 Å². The zero-order valence-electron chi connectivity index (χ0n) is 16.9. The molecule has 0 unspecified atom stereocenters. The van der Waals surface area contributed by atoms with Crippen molar-refractivity contribution in [2.75, 3.05) is 13.7 Å². The van der Waals surface area contributed by atoms with Gasteiger partial charge in [0.25, 0.3) is 5.91 Å². The van der Waals surface area contributed by atoms with Crippen molar-refractivity contribution >= 4 is 12.0 Å². The molecule has 3 aromatic rings. The number of ether oxygens (including phenoxy) is 1. The van der Waals surface area contributed by atoms with Gasteiger partial charge in [0.05, 0.1) is 5.69 Å². The Morgan fingerprint density at radius 2 is 2.07 bits per heavy atom. The number of aromatic nitrogens is 2. The van der Waals surface area contributed by atoms with Crippen molar-refractivity contribution in [3.8, 4) is 28.8 Å². The fraction of sp³-hybridized carbons (Fsp3) is 0.125. The van der Waals surface area contributed by atoms with Gasteiger partial charge in [0.2, 0.25) is 0 Å². The van der Waals surface area contributed by atoms with Crippen LogP contribution in [0.4, 0.5) is 0 Å². The predicted molar refractivity (Wildman–Crippen MR) is 117 cm³/mol. The molecule has 0 spiro atoms. The van der Waals surface area contributed by atoms with Crippen LogP contribution in [0.2, 0.25) is 0 Å². The van der Waals surface area contributed by atoms with E-state index in [1.165, 1.54) is 7.05 Å². The number of para-hydroxylation sites is 1. The van der Waals surface area contributed by atoms with E-state index in [0.29, 0.717) is 17.9 Å². The highest BCUT2D eigenvalue weighted by Gasteiger charge is 2.16. The minimum absolute atomic E-state index is 0.00921. The standard InChI is InChI=1S/C24H22N4O2/c1-4-12-30-21-10-11-22(17(2)13-21)23-19(14-18(15-25)24(29)26-3)16-28(27-23)20-8-6-5-7-9-20/h4-11,13-14,16H,1,12H2,2-3H3,(H,26,29). The van der Waals surface area contributed by atoms with Crippen LogP contribution in [0.15, 0.2) is 73.0 Å². The molecule has 1 N–H and O–H groups in total. The molecule has 3 rings (SSSR count). The quantitative estimate of drug-likeness (QED) is 0.370. The lowest BCUT2D eigenvalue weighted by Gasteiger charge is -2.08. The number of likely N-dealkylation sites (N-methyl/N-ethyl adjacent to an activating group) is 1. The first-order valence-corrected chi connectivity index (χ1v) is 9.41. The number of amides is 1. The zero-order chi connectivity index (χ0) is 21.5. The Balaban J connectivity index is 2.14. The number of hydrogen-bond acceptors (Lipinski definition) is 4. The molecule has 0 saturated carbocycles. The molecule has 0 atom stereocenters. The molecule has 1 heterocycles. The summed E-state index contributed by atoms with van der Waals surface area (Å²) in [5, 5.41) is 16.7. The number of carbonyl (C=O) groups is 1. The Hall–Kier alpha value is -4.11. The van der Waals surface area contributed by atoms with Crippen LogP contribution in [0, 0.1) is 18.3 Å². The number of nitrogens with one attached hydrogen (secondary N) is 1. The Morgan fingerprint density at radius 1 is 1.30 bits per heavy atom. The van der Waals surface area contributed by atoms with Gasteiger partial charge in [-0.05, 0) is 48.9 Å². The first-order chi connectivity index (χ1) is 14.6. The Bertz CT molecular complexity index is 1140. The highest BCUT2D eigenvalue weighted by atomic mass is 16.5. The largest absolute Gasteiger partial charge is 0.490 e. The summed E-state index contributed by atoms with van der Waals surface area (Å²) >= 11 is 0. The Labute approximate surface area is 175 Å². The fourth-order valence-corrected chi connectivity index (χ4v) is 3.00. The molecule has 0 saturated heterocycles. The summed E-state index contributed by atoms with van der Waals surface area (Å²) in [6.07, 6.45) is 5.06. The van der Waals surface area contributed by atoms with Gasteiger partial charge >= 0.3 is 0 Å². The van der Waals surface area contributed by atoms with Gasteiger partial charge in [-0.3, -0.25) is 4.79 Å². The molecule has 0 fully saturated rings. The second kappa shape index (κ2) is 9.39. The van der Waals surface area contributed by atoms with Gasteiger partial charge in [-0.1, -0.05) is 30.9 Å². The molecule has 2 aromatic carbocycles. The van der Waals surface area contributed by atoms with Gasteiger partial charge < -0.3 is 10.1 Å². The number of nitrogens with zero attached hydrogens (tertiary/aromatic N) is 3. The molecule has 150 valence electrons. The maximum Gasteiger partial charge on any atom is 0.261 e. The van der Waals surface area contributed by atoms with Crippen LogP contribution in [0.25, 0.3) is 23.0 Å². The normalized spacial score (nSPS) is 10.9. The highest BCUT2D eigenvalue weighted by molar-refractivity contribution is 6.02. The molecule has 0 aliphatic rings. The first kappa shape index (κ1) is 20.6. The molecular formula is C24H22N4O2. The van der Waals surface area contributed by atoms with Gasteiger partial charge in [-0.2, -0.15) is 10.4 Å². The van der Waals surface area contributed by atoms with Crippen molar-refractivity contribution < 1.29 is 9.53 Å². The maximum atomic E-state index is 12.0. The molecule has 1 amide bonds. The smallest absolute Gasteiger partial charge is 0.261 e. The number of carbonyl (C=O) groups excluding carboxylic acids is 1. The Kier molecular flexibility index (Phi) is 6.46. The summed E-state index contributed by atoms with van der Waals surface area (Å²) in [6, 6.07) is 17.3. The summed E-state index contributed by atoms with van der Waals surface area (Å²) in [4.78, 5) is 12.0. The fourth-order valence-electron chi connectivity index (χ4n) is 3.00. The van der Waals surface area contributed by atoms with Crippen molar-refractivity contribution in [1.29, 1.82) is 5.26 Å². The first-order valence-electron chi connectivity index (χ1n) is 9.41. The number of hydrogen-bond donors (Lipinski definition) is 1. The molecule has 6 heteroatoms. The van der Waals surface area contributed by atoms with Crippen molar-refractivity contribution in [2.24, 2.45) is 0 Å². The predicted octanol–water partition coefficient (Wildman–Crippen LogP) is 4.07. The van der Waals surface area contributed by atoms with E-state index in [1.807, 2.05) is 67.7 Å². The van der Waals surface area contributed by atoms with Crippen LogP contribution >= 0.6 is 0 Å². The lowest BCUT2D eigenvalue weighted by atomic mass is 10.0. The summed E-state index contributed by atoms with van der Waals surface area (Å²) < 4.78 is 7.35. The number of nitriles is 1. The van der Waals surface area contributed by atoms with Crippen molar-refractivity contribution in [1.82, 2.24) is 15.1 Å². The average molecular weight is 398 g/mol. The zero-order valence-corrected chi connectivity index (χ0v) is 16.9. The molecule has 0 bridgehead atoms. The molecule has 0 radical (unpaired) electrons. The molecule has 6 nitrogen and oxygen atoms in total. The SMILES string of the molecule is C=CCOc1ccc(-c2nn(-c3ccccc3)cc2C=C(C#N)C(=O)NC)c(C)c1. The van der Waals surface area contributed by atoms with E-state index < -0.39 is 5.91 Å². The number of aryl methyl sites for hydroxylation is 1. The Morgan fingerprint density at radius 3 is 2.70 bits per heavy atom. The molecular weight excluding hydrogens is 376 g/mol. The third-order valence-corrected chi connectivity index (χ3v) is 4.48. The van der Waals surface area contributed by atoms with E-state index in [0.717, 1.165) is 22.6 Å². The topological polar surface area (TPSA) is 79.9 Å². The molecule has 30 heavy (non-hydrogen) atoms. The molecule has 1 aromatic heterocycles. The maximum absolute atomic E-state index is 12.0. The summed E-state index contributed by atoms with van der Waals surface area (Å²) in [5.74, 6) is 0.291.